The molecule has 0 radical (unpaired) electrons. The van der Waals surface area contributed by atoms with Crippen molar-refractivity contribution in [3.8, 4) is 5.69 Å². The maximum absolute atomic E-state index is 11.5. The molecular weight excluding hydrogens is 250 g/mol. The molecule has 0 aliphatic heterocycles. The average Bonchev–Trinajstić information content (AvgIpc) is 2.83. The zero-order valence-corrected chi connectivity index (χ0v) is 10.4. The first-order valence-corrected chi connectivity index (χ1v) is 5.41. The van der Waals surface area contributed by atoms with Gasteiger partial charge in [-0.05, 0) is 24.6 Å². The highest BCUT2D eigenvalue weighted by Crippen LogP contribution is 2.24. The van der Waals surface area contributed by atoms with Crippen LogP contribution >= 0.6 is 0 Å². The zero-order chi connectivity index (χ0) is 14.0. The van der Waals surface area contributed by atoms with Crippen LogP contribution in [0.4, 0.5) is 5.69 Å². The molecular formula is C12H11N3O4. The number of aromatic nitrogens is 2. The van der Waals surface area contributed by atoms with E-state index in [1.807, 2.05) is 6.92 Å². The van der Waals surface area contributed by atoms with E-state index in [-0.39, 0.29) is 16.9 Å². The van der Waals surface area contributed by atoms with Gasteiger partial charge >= 0.3 is 5.97 Å². The van der Waals surface area contributed by atoms with E-state index in [0.29, 0.717) is 0 Å². The second-order valence-corrected chi connectivity index (χ2v) is 3.91. The van der Waals surface area contributed by atoms with Crippen molar-refractivity contribution >= 4 is 11.7 Å². The van der Waals surface area contributed by atoms with Crippen LogP contribution in [-0.2, 0) is 4.74 Å². The second-order valence-electron chi connectivity index (χ2n) is 3.91. The summed E-state index contributed by atoms with van der Waals surface area (Å²) in [4.78, 5) is 21.9. The fourth-order valence-electron chi connectivity index (χ4n) is 1.65. The van der Waals surface area contributed by atoms with Crippen LogP contribution in [0.15, 0.2) is 30.6 Å². The highest BCUT2D eigenvalue weighted by molar-refractivity contribution is 5.90. The lowest BCUT2D eigenvalue weighted by molar-refractivity contribution is -0.384. The third-order valence-corrected chi connectivity index (χ3v) is 2.55. The Bertz CT molecular complexity index is 648. The largest absolute Gasteiger partial charge is 0.465 e. The first kappa shape index (κ1) is 12.7. The number of hydrogen-bond acceptors (Lipinski definition) is 5. The predicted molar refractivity (Wildman–Crippen MR) is 66.3 cm³/mol. The van der Waals surface area contributed by atoms with Crippen molar-refractivity contribution in [1.29, 1.82) is 0 Å². The molecule has 0 bridgehead atoms. The summed E-state index contributed by atoms with van der Waals surface area (Å²) in [5, 5.41) is 15.0. The smallest absolute Gasteiger partial charge is 0.337 e. The summed E-state index contributed by atoms with van der Waals surface area (Å²) in [7, 11) is 1.25. The maximum Gasteiger partial charge on any atom is 0.337 e. The fourth-order valence-corrected chi connectivity index (χ4v) is 1.65. The van der Waals surface area contributed by atoms with Crippen LogP contribution in [0.25, 0.3) is 5.69 Å². The molecule has 0 aliphatic rings. The lowest BCUT2D eigenvalue weighted by Crippen LogP contribution is -2.06. The number of carbonyl (C=O) groups is 1. The lowest BCUT2D eigenvalue weighted by Gasteiger charge is -2.05. The SMILES string of the molecule is COC(=O)c1ccc([N+](=O)[O-])c(-n2cc(C)cn2)c1. The molecule has 1 heterocycles. The van der Waals surface area contributed by atoms with Crippen molar-refractivity contribution in [2.75, 3.05) is 7.11 Å². The number of carbonyl (C=O) groups excluding carboxylic acids is 1. The van der Waals surface area contributed by atoms with Crippen molar-refractivity contribution in [2.45, 2.75) is 6.92 Å². The normalized spacial score (nSPS) is 10.2. The molecule has 1 aromatic carbocycles. The van der Waals surface area contributed by atoms with Crippen LogP contribution in [0.3, 0.4) is 0 Å². The Kier molecular flexibility index (Phi) is 3.28. The second kappa shape index (κ2) is 4.89. The van der Waals surface area contributed by atoms with Gasteiger partial charge in [-0.1, -0.05) is 0 Å². The molecule has 0 atom stereocenters. The standard InChI is InChI=1S/C12H11N3O4/c1-8-6-13-14(7-8)11-5-9(12(16)19-2)3-4-10(11)15(17)18/h3-7H,1-2H3. The molecule has 0 spiro atoms. The van der Waals surface area contributed by atoms with Crippen molar-refractivity contribution < 1.29 is 14.5 Å². The Balaban J connectivity index is 2.60. The number of methoxy groups -OCH3 is 1. The van der Waals surface area contributed by atoms with Gasteiger partial charge in [0, 0.05) is 12.3 Å². The van der Waals surface area contributed by atoms with Crippen LogP contribution < -0.4 is 0 Å². The van der Waals surface area contributed by atoms with Crippen LogP contribution in [-0.4, -0.2) is 27.8 Å². The molecule has 0 saturated heterocycles. The molecule has 0 fully saturated rings. The van der Waals surface area contributed by atoms with E-state index in [9.17, 15) is 14.9 Å². The van der Waals surface area contributed by atoms with Crippen LogP contribution in [0, 0.1) is 17.0 Å². The van der Waals surface area contributed by atoms with Crippen molar-refractivity contribution in [3.05, 3.63) is 51.8 Å². The van der Waals surface area contributed by atoms with Gasteiger partial charge < -0.3 is 4.74 Å². The molecule has 0 aliphatic carbocycles. The number of nitro benzene ring substituents is 1. The van der Waals surface area contributed by atoms with Crippen molar-refractivity contribution in [1.82, 2.24) is 9.78 Å². The number of rotatable bonds is 3. The van der Waals surface area contributed by atoms with E-state index in [4.69, 9.17) is 0 Å². The van der Waals surface area contributed by atoms with Gasteiger partial charge in [-0.2, -0.15) is 5.10 Å². The molecule has 0 N–H and O–H groups in total. The van der Waals surface area contributed by atoms with Crippen molar-refractivity contribution in [2.24, 2.45) is 0 Å². The van der Waals surface area contributed by atoms with E-state index < -0.39 is 10.9 Å². The molecule has 7 heteroatoms. The summed E-state index contributed by atoms with van der Waals surface area (Å²) in [6.07, 6.45) is 3.22. The number of aryl methyl sites for hydroxylation is 1. The number of ether oxygens (including phenoxy) is 1. The number of esters is 1. The van der Waals surface area contributed by atoms with Crippen molar-refractivity contribution in [3.63, 3.8) is 0 Å². The summed E-state index contributed by atoms with van der Waals surface area (Å²) >= 11 is 0. The summed E-state index contributed by atoms with van der Waals surface area (Å²) < 4.78 is 5.96. The quantitative estimate of drug-likeness (QED) is 0.478. The fraction of sp³-hybridized carbons (Fsp3) is 0.167. The highest BCUT2D eigenvalue weighted by atomic mass is 16.6. The van der Waals surface area contributed by atoms with Gasteiger partial charge in [-0.3, -0.25) is 10.1 Å². The minimum absolute atomic E-state index is 0.129. The van der Waals surface area contributed by atoms with E-state index in [1.54, 1.807) is 12.4 Å². The van der Waals surface area contributed by atoms with Gasteiger partial charge in [0.05, 0.1) is 23.8 Å². The first-order valence-electron chi connectivity index (χ1n) is 5.41. The molecule has 7 nitrogen and oxygen atoms in total. The Morgan fingerprint density at radius 2 is 2.21 bits per heavy atom. The number of nitro groups is 1. The topological polar surface area (TPSA) is 87.3 Å². The van der Waals surface area contributed by atoms with Crippen LogP contribution in [0.5, 0.6) is 0 Å². The minimum atomic E-state index is -0.556. The van der Waals surface area contributed by atoms with E-state index in [1.165, 1.54) is 30.0 Å². The Hall–Kier alpha value is -2.70. The van der Waals surface area contributed by atoms with Gasteiger partial charge in [-0.25, -0.2) is 9.48 Å². The third kappa shape index (κ3) is 2.44. The lowest BCUT2D eigenvalue weighted by atomic mass is 10.1. The van der Waals surface area contributed by atoms with Crippen LogP contribution in [0.2, 0.25) is 0 Å². The number of hydrogen-bond donors (Lipinski definition) is 0. The van der Waals surface area contributed by atoms with Gasteiger partial charge in [-0.15, -0.1) is 0 Å². The summed E-state index contributed by atoms with van der Waals surface area (Å²) in [5.74, 6) is -0.556. The minimum Gasteiger partial charge on any atom is -0.465 e. The third-order valence-electron chi connectivity index (χ3n) is 2.55. The molecule has 0 amide bonds. The molecule has 0 saturated carbocycles. The molecule has 2 rings (SSSR count). The Morgan fingerprint density at radius 1 is 1.47 bits per heavy atom. The molecule has 2 aromatic rings. The summed E-state index contributed by atoms with van der Waals surface area (Å²) in [6.45, 7) is 1.82. The van der Waals surface area contributed by atoms with Gasteiger partial charge in [0.15, 0.2) is 0 Å². The highest BCUT2D eigenvalue weighted by Gasteiger charge is 2.19. The zero-order valence-electron chi connectivity index (χ0n) is 10.4. The van der Waals surface area contributed by atoms with E-state index >= 15 is 0 Å². The predicted octanol–water partition coefficient (Wildman–Crippen LogP) is 1.88. The van der Waals surface area contributed by atoms with Gasteiger partial charge in [0.2, 0.25) is 0 Å². The molecule has 19 heavy (non-hydrogen) atoms. The molecule has 0 unspecified atom stereocenters. The average molecular weight is 261 g/mol. The Morgan fingerprint density at radius 3 is 2.74 bits per heavy atom. The monoisotopic (exact) mass is 261 g/mol. The van der Waals surface area contributed by atoms with Gasteiger partial charge in [0.25, 0.3) is 5.69 Å². The van der Waals surface area contributed by atoms with E-state index in [0.717, 1.165) is 5.56 Å². The first-order chi connectivity index (χ1) is 9.02. The van der Waals surface area contributed by atoms with E-state index in [2.05, 4.69) is 9.84 Å². The molecule has 98 valence electrons. The Labute approximate surface area is 108 Å². The number of benzene rings is 1. The van der Waals surface area contributed by atoms with Gasteiger partial charge in [0.1, 0.15) is 5.69 Å². The number of nitrogens with zero attached hydrogens (tertiary/aromatic N) is 3. The maximum atomic E-state index is 11.5. The van der Waals surface area contributed by atoms with Crippen LogP contribution in [0.1, 0.15) is 15.9 Å². The summed E-state index contributed by atoms with van der Waals surface area (Å²) in [6, 6.07) is 4.00. The summed E-state index contributed by atoms with van der Waals surface area (Å²) in [5.41, 5.74) is 1.19. The molecule has 1 aromatic heterocycles.